The van der Waals surface area contributed by atoms with Crippen LogP contribution in [0.15, 0.2) is 6.33 Å². The van der Waals surface area contributed by atoms with Crippen molar-refractivity contribution in [2.24, 2.45) is 0 Å². The van der Waals surface area contributed by atoms with Gasteiger partial charge in [0.25, 0.3) is 5.88 Å². The van der Waals surface area contributed by atoms with E-state index in [1.807, 2.05) is 0 Å². The van der Waals surface area contributed by atoms with E-state index in [2.05, 4.69) is 9.97 Å². The highest BCUT2D eigenvalue weighted by Gasteiger charge is 2.26. The molecule has 0 bridgehead atoms. The van der Waals surface area contributed by atoms with Gasteiger partial charge >= 0.3 is 5.69 Å². The van der Waals surface area contributed by atoms with Gasteiger partial charge in [-0.15, -0.1) is 0 Å². The summed E-state index contributed by atoms with van der Waals surface area (Å²) in [5.41, 5.74) is -0.270. The minimum Gasteiger partial charge on any atom is -0.476 e. The number of methoxy groups -OCH3 is 1. The van der Waals surface area contributed by atoms with Crippen LogP contribution in [-0.2, 0) is 0 Å². The summed E-state index contributed by atoms with van der Waals surface area (Å²) in [4.78, 5) is 19.6. The second-order valence-corrected chi connectivity index (χ2v) is 3.87. The van der Waals surface area contributed by atoms with E-state index in [0.29, 0.717) is 13.0 Å². The summed E-state index contributed by atoms with van der Waals surface area (Å²) >= 11 is 0. The Morgan fingerprint density at radius 3 is 2.78 bits per heavy atom. The number of hydrogen-bond acceptors (Lipinski definition) is 7. The molecule has 0 amide bonds. The highest BCUT2D eigenvalue weighted by atomic mass is 16.6. The molecule has 8 nitrogen and oxygen atoms in total. The zero-order valence-corrected chi connectivity index (χ0v) is 10.5. The standard InChI is InChI=1S/C10H16N4O4/c1-7(15)4-5-13(2)9-8(14(16)17)10(18-3)12-6-11-9/h6-7,15H,4-5H2,1-3H3. The number of ether oxygens (including phenoxy) is 1. The fraction of sp³-hybridized carbons (Fsp3) is 0.600. The first-order valence-corrected chi connectivity index (χ1v) is 5.40. The first-order chi connectivity index (χ1) is 8.47. The van der Waals surface area contributed by atoms with Crippen molar-refractivity contribution < 1.29 is 14.8 Å². The third kappa shape index (κ3) is 3.27. The van der Waals surface area contributed by atoms with E-state index in [0.717, 1.165) is 0 Å². The lowest BCUT2D eigenvalue weighted by atomic mass is 10.2. The fourth-order valence-corrected chi connectivity index (χ4v) is 1.43. The van der Waals surface area contributed by atoms with E-state index in [1.165, 1.54) is 13.4 Å². The largest absolute Gasteiger partial charge is 0.476 e. The minimum atomic E-state index is -0.576. The van der Waals surface area contributed by atoms with Crippen molar-refractivity contribution in [1.82, 2.24) is 9.97 Å². The van der Waals surface area contributed by atoms with Crippen LogP contribution in [0.5, 0.6) is 5.88 Å². The Balaban J connectivity index is 3.03. The molecule has 1 aromatic rings. The summed E-state index contributed by atoms with van der Waals surface area (Å²) in [5, 5.41) is 20.2. The van der Waals surface area contributed by atoms with Crippen LogP contribution in [0.1, 0.15) is 13.3 Å². The lowest BCUT2D eigenvalue weighted by Crippen LogP contribution is -2.24. The van der Waals surface area contributed by atoms with Crippen molar-refractivity contribution >= 4 is 11.5 Å². The van der Waals surface area contributed by atoms with Gasteiger partial charge in [0.15, 0.2) is 0 Å². The maximum atomic E-state index is 11.0. The Hall–Kier alpha value is -1.96. The Kier molecular flexibility index (Phi) is 4.78. The van der Waals surface area contributed by atoms with Gasteiger partial charge in [-0.05, 0) is 13.3 Å². The number of aliphatic hydroxyl groups is 1. The first-order valence-electron chi connectivity index (χ1n) is 5.40. The zero-order chi connectivity index (χ0) is 13.7. The predicted octanol–water partition coefficient (Wildman–Crippen LogP) is 0.601. The molecule has 0 fully saturated rings. The molecule has 1 rings (SSSR count). The van der Waals surface area contributed by atoms with Crippen molar-refractivity contribution in [3.05, 3.63) is 16.4 Å². The predicted molar refractivity (Wildman–Crippen MR) is 64.8 cm³/mol. The smallest absolute Gasteiger partial charge is 0.372 e. The third-order valence-electron chi connectivity index (χ3n) is 2.39. The van der Waals surface area contributed by atoms with Crippen molar-refractivity contribution in [3.63, 3.8) is 0 Å². The van der Waals surface area contributed by atoms with Crippen molar-refractivity contribution in [2.45, 2.75) is 19.4 Å². The minimum absolute atomic E-state index is 0.0751. The van der Waals surface area contributed by atoms with Gasteiger partial charge in [0, 0.05) is 13.6 Å². The van der Waals surface area contributed by atoms with Gasteiger partial charge < -0.3 is 14.7 Å². The molecule has 0 saturated carbocycles. The van der Waals surface area contributed by atoms with Gasteiger partial charge in [-0.2, -0.15) is 4.98 Å². The number of hydrogen-bond donors (Lipinski definition) is 1. The molecule has 0 radical (unpaired) electrons. The van der Waals surface area contributed by atoms with Crippen LogP contribution in [0.2, 0.25) is 0 Å². The summed E-state index contributed by atoms with van der Waals surface area (Å²) in [7, 11) is 2.98. The molecule has 0 spiro atoms. The number of nitro groups is 1. The molecule has 0 saturated heterocycles. The van der Waals surface area contributed by atoms with Gasteiger partial charge in [0.05, 0.1) is 18.1 Å². The Morgan fingerprint density at radius 2 is 2.28 bits per heavy atom. The van der Waals surface area contributed by atoms with Gasteiger partial charge in [0.2, 0.25) is 5.82 Å². The lowest BCUT2D eigenvalue weighted by Gasteiger charge is -2.18. The van der Waals surface area contributed by atoms with Crippen molar-refractivity contribution in [3.8, 4) is 5.88 Å². The molecule has 8 heteroatoms. The molecule has 1 atom stereocenters. The number of anilines is 1. The number of aliphatic hydroxyl groups excluding tert-OH is 1. The summed E-state index contributed by atoms with van der Waals surface area (Å²) in [6, 6.07) is 0. The van der Waals surface area contributed by atoms with Crippen LogP contribution < -0.4 is 9.64 Å². The summed E-state index contributed by atoms with van der Waals surface area (Å²) in [6.45, 7) is 2.10. The topological polar surface area (TPSA) is 102 Å². The summed E-state index contributed by atoms with van der Waals surface area (Å²) < 4.78 is 4.85. The molecule has 1 unspecified atom stereocenters. The average Bonchev–Trinajstić information content (AvgIpc) is 2.34. The zero-order valence-electron chi connectivity index (χ0n) is 10.5. The second-order valence-electron chi connectivity index (χ2n) is 3.87. The molecule has 100 valence electrons. The number of nitrogens with zero attached hydrogens (tertiary/aromatic N) is 4. The first kappa shape index (κ1) is 14.1. The van der Waals surface area contributed by atoms with E-state index in [9.17, 15) is 15.2 Å². The molecule has 0 aliphatic rings. The quantitative estimate of drug-likeness (QED) is 0.587. The van der Waals surface area contributed by atoms with Gasteiger partial charge in [-0.1, -0.05) is 0 Å². The van der Waals surface area contributed by atoms with Crippen LogP contribution in [-0.4, -0.2) is 46.8 Å². The maximum Gasteiger partial charge on any atom is 0.372 e. The Bertz CT molecular complexity index is 424. The summed E-state index contributed by atoms with van der Waals surface area (Å²) in [5.74, 6) is 0.0985. The molecule has 18 heavy (non-hydrogen) atoms. The summed E-state index contributed by atoms with van der Waals surface area (Å²) in [6.07, 6.45) is 1.22. The lowest BCUT2D eigenvalue weighted by molar-refractivity contribution is -0.385. The fourth-order valence-electron chi connectivity index (χ4n) is 1.43. The molecule has 0 aliphatic carbocycles. The van der Waals surface area contributed by atoms with Crippen LogP contribution in [0.25, 0.3) is 0 Å². The van der Waals surface area contributed by atoms with Crippen LogP contribution in [0, 0.1) is 10.1 Å². The van der Waals surface area contributed by atoms with E-state index in [4.69, 9.17) is 4.74 Å². The molecular formula is C10H16N4O4. The average molecular weight is 256 g/mol. The number of rotatable bonds is 6. The van der Waals surface area contributed by atoms with Gasteiger partial charge in [0.1, 0.15) is 6.33 Å². The normalized spacial score (nSPS) is 12.0. The monoisotopic (exact) mass is 256 g/mol. The molecular weight excluding hydrogens is 240 g/mol. The number of aromatic nitrogens is 2. The second kappa shape index (κ2) is 6.10. The van der Waals surface area contributed by atoms with E-state index in [-0.39, 0.29) is 17.4 Å². The highest BCUT2D eigenvalue weighted by Crippen LogP contribution is 2.32. The maximum absolute atomic E-state index is 11.0. The molecule has 1 aromatic heterocycles. The third-order valence-corrected chi connectivity index (χ3v) is 2.39. The van der Waals surface area contributed by atoms with Crippen molar-refractivity contribution in [2.75, 3.05) is 25.6 Å². The Labute approximate surface area is 104 Å². The van der Waals surface area contributed by atoms with Crippen molar-refractivity contribution in [1.29, 1.82) is 0 Å². The molecule has 0 aromatic carbocycles. The van der Waals surface area contributed by atoms with E-state index < -0.39 is 11.0 Å². The molecule has 1 N–H and O–H groups in total. The van der Waals surface area contributed by atoms with Crippen LogP contribution in [0.3, 0.4) is 0 Å². The Morgan fingerprint density at radius 1 is 1.61 bits per heavy atom. The van der Waals surface area contributed by atoms with Crippen LogP contribution in [0.4, 0.5) is 11.5 Å². The molecule has 1 heterocycles. The van der Waals surface area contributed by atoms with E-state index in [1.54, 1.807) is 18.9 Å². The molecule has 0 aliphatic heterocycles. The van der Waals surface area contributed by atoms with E-state index >= 15 is 0 Å². The van der Waals surface area contributed by atoms with Gasteiger partial charge in [-0.25, -0.2) is 4.98 Å². The van der Waals surface area contributed by atoms with Crippen LogP contribution >= 0.6 is 0 Å². The van der Waals surface area contributed by atoms with Gasteiger partial charge in [-0.3, -0.25) is 10.1 Å². The highest BCUT2D eigenvalue weighted by molar-refractivity contribution is 5.62. The SMILES string of the molecule is COc1ncnc(N(C)CCC(C)O)c1[N+](=O)[O-].